The van der Waals surface area contributed by atoms with Gasteiger partial charge in [-0.05, 0) is 53.3 Å². The van der Waals surface area contributed by atoms with Crippen molar-refractivity contribution in [2.24, 2.45) is 0 Å². The number of hydrogen-bond acceptors (Lipinski definition) is 6. The maximum atomic E-state index is 11.8. The van der Waals surface area contributed by atoms with Gasteiger partial charge in [-0.3, -0.25) is 19.7 Å². The summed E-state index contributed by atoms with van der Waals surface area (Å²) in [6.45, 7) is 6.40. The molecule has 3 heterocycles. The average Bonchev–Trinajstić information content (AvgIpc) is 2.90. The number of hydrogen-bond donors (Lipinski definition) is 0. The Labute approximate surface area is 205 Å². The van der Waals surface area contributed by atoms with Crippen molar-refractivity contribution in [3.63, 3.8) is 0 Å². The third kappa shape index (κ3) is 5.53. The lowest BCUT2D eigenvalue weighted by Crippen LogP contribution is -2.46. The van der Waals surface area contributed by atoms with Gasteiger partial charge < -0.3 is 4.90 Å². The van der Waals surface area contributed by atoms with Crippen LogP contribution in [0.1, 0.15) is 18.1 Å². The number of carbonyl (C=O) groups is 1. The number of benzene rings is 2. The molecular weight excluding hydrogens is 434 g/mol. The van der Waals surface area contributed by atoms with E-state index in [-0.39, 0.29) is 5.78 Å². The van der Waals surface area contributed by atoms with E-state index in [2.05, 4.69) is 49.8 Å². The predicted molar refractivity (Wildman–Crippen MR) is 139 cm³/mol. The van der Waals surface area contributed by atoms with Crippen LogP contribution in [0.3, 0.4) is 0 Å². The van der Waals surface area contributed by atoms with E-state index in [0.29, 0.717) is 6.42 Å². The smallest absolute Gasteiger partial charge is 0.209 e. The molecule has 6 nitrogen and oxygen atoms in total. The molecule has 0 N–H and O–H groups in total. The van der Waals surface area contributed by atoms with Crippen molar-refractivity contribution in [2.75, 3.05) is 31.1 Å². The second-order valence-electron chi connectivity index (χ2n) is 8.73. The highest BCUT2D eigenvalue weighted by Crippen LogP contribution is 2.25. The van der Waals surface area contributed by atoms with E-state index in [9.17, 15) is 4.79 Å². The number of fused-ring (bicyclic) bond motifs is 1. The van der Waals surface area contributed by atoms with Gasteiger partial charge in [0.25, 0.3) is 0 Å². The van der Waals surface area contributed by atoms with Crippen LogP contribution in [0.15, 0.2) is 73.2 Å². The molecule has 1 aliphatic heterocycles. The van der Waals surface area contributed by atoms with Gasteiger partial charge in [0.15, 0.2) is 0 Å². The average molecular weight is 462 g/mol. The number of Topliss-reactive ketones (excluding diaryl/α,β-unsaturated/α-hetero) is 1. The number of nitrogens with zero attached hydrogens (tertiary/aromatic N) is 5. The fraction of sp³-hybridized carbons (Fsp3) is 0.241. The first-order valence-corrected chi connectivity index (χ1v) is 11.9. The summed E-state index contributed by atoms with van der Waals surface area (Å²) in [5.41, 5.74) is 6.14. The predicted octanol–water partition coefficient (Wildman–Crippen LogP) is 4.15. The lowest BCUT2D eigenvalue weighted by Gasteiger charge is -2.35. The highest BCUT2D eigenvalue weighted by Gasteiger charge is 2.19. The van der Waals surface area contributed by atoms with Crippen molar-refractivity contribution in [1.82, 2.24) is 19.9 Å². The third-order valence-electron chi connectivity index (χ3n) is 6.27. The molecule has 6 heteroatoms. The number of pyridine rings is 1. The van der Waals surface area contributed by atoms with Crippen molar-refractivity contribution >= 4 is 22.6 Å². The zero-order chi connectivity index (χ0) is 24.0. The Morgan fingerprint density at radius 1 is 0.914 bits per heavy atom. The van der Waals surface area contributed by atoms with Crippen LogP contribution in [0, 0.1) is 11.8 Å². The van der Waals surface area contributed by atoms with Crippen molar-refractivity contribution in [2.45, 2.75) is 19.9 Å². The third-order valence-corrected chi connectivity index (χ3v) is 6.27. The molecule has 2 aromatic heterocycles. The monoisotopic (exact) mass is 461 g/mol. The van der Waals surface area contributed by atoms with Gasteiger partial charge in [-0.1, -0.05) is 42.3 Å². The summed E-state index contributed by atoms with van der Waals surface area (Å²) in [6.07, 6.45) is 5.96. The lowest BCUT2D eigenvalue weighted by atomic mass is 10.0. The number of aromatic nitrogens is 3. The summed E-state index contributed by atoms with van der Waals surface area (Å²) < 4.78 is 0. The largest absolute Gasteiger partial charge is 0.353 e. The Bertz CT molecular complexity index is 1380. The molecule has 1 fully saturated rings. The molecule has 1 saturated heterocycles. The van der Waals surface area contributed by atoms with Gasteiger partial charge in [0, 0.05) is 51.5 Å². The number of rotatable bonds is 6. The van der Waals surface area contributed by atoms with Crippen LogP contribution in [0.4, 0.5) is 5.82 Å². The molecule has 0 aliphatic carbocycles. The fourth-order valence-corrected chi connectivity index (χ4v) is 4.40. The molecule has 174 valence electrons. The van der Waals surface area contributed by atoms with Crippen LogP contribution in [-0.2, 0) is 17.8 Å². The standard InChI is InChI=1S/C29H27N5O/c1-2-4-26(35)17-22-6-8-24(9-7-22)25-10-11-27-28(18-25)32-29(20-31-27)34-15-13-33(14-16-34)21-23-5-3-12-30-19-23/h3,5-12,18-20H,13-17,21H2,1H3. The van der Waals surface area contributed by atoms with Gasteiger partial charge in [-0.2, -0.15) is 0 Å². The minimum Gasteiger partial charge on any atom is -0.353 e. The minimum atomic E-state index is -0.0633. The van der Waals surface area contributed by atoms with Crippen LogP contribution in [0.2, 0.25) is 0 Å². The molecule has 5 rings (SSSR count). The second-order valence-corrected chi connectivity index (χ2v) is 8.73. The van der Waals surface area contributed by atoms with Crippen molar-refractivity contribution in [1.29, 1.82) is 0 Å². The number of piperazine rings is 1. The molecule has 2 aromatic carbocycles. The SMILES string of the molecule is CC#CC(=O)Cc1ccc(-c2ccc3ncc(N4CCN(Cc5cccnc5)CC4)nc3c2)cc1. The minimum absolute atomic E-state index is 0.0633. The molecule has 0 bridgehead atoms. The summed E-state index contributed by atoms with van der Waals surface area (Å²) in [4.78, 5) is 30.4. The van der Waals surface area contributed by atoms with Crippen molar-refractivity contribution in [3.05, 3.63) is 84.3 Å². The lowest BCUT2D eigenvalue weighted by molar-refractivity contribution is -0.113. The normalized spacial score (nSPS) is 13.9. The van der Waals surface area contributed by atoms with Crippen LogP contribution >= 0.6 is 0 Å². The van der Waals surface area contributed by atoms with Gasteiger partial charge in [0.1, 0.15) is 5.82 Å². The summed E-state index contributed by atoms with van der Waals surface area (Å²) in [5.74, 6) is 6.11. The molecule has 0 saturated carbocycles. The topological polar surface area (TPSA) is 62.2 Å². The molecule has 4 aromatic rings. The first-order valence-electron chi connectivity index (χ1n) is 11.9. The number of ketones is 1. The highest BCUT2D eigenvalue weighted by molar-refractivity contribution is 5.96. The van der Waals surface area contributed by atoms with Crippen molar-refractivity contribution in [3.8, 4) is 23.0 Å². The molecule has 0 radical (unpaired) electrons. The van der Waals surface area contributed by atoms with E-state index in [1.54, 1.807) is 6.92 Å². The van der Waals surface area contributed by atoms with E-state index >= 15 is 0 Å². The Kier molecular flexibility index (Phi) is 6.78. The molecule has 0 atom stereocenters. The summed E-state index contributed by atoms with van der Waals surface area (Å²) >= 11 is 0. The Balaban J connectivity index is 1.28. The van der Waals surface area contributed by atoms with Crippen molar-refractivity contribution < 1.29 is 4.79 Å². The molecule has 0 amide bonds. The Hall–Kier alpha value is -4.08. The molecule has 0 unspecified atom stereocenters. The van der Waals surface area contributed by atoms with Gasteiger partial charge >= 0.3 is 0 Å². The van der Waals surface area contributed by atoms with Crippen LogP contribution in [0.25, 0.3) is 22.2 Å². The Morgan fingerprint density at radius 3 is 2.46 bits per heavy atom. The second kappa shape index (κ2) is 10.5. The molecular formula is C29H27N5O. The van der Waals surface area contributed by atoms with E-state index in [0.717, 1.165) is 66.3 Å². The quantitative estimate of drug-likeness (QED) is 0.318. The first kappa shape index (κ1) is 22.7. The summed E-state index contributed by atoms with van der Waals surface area (Å²) in [7, 11) is 0. The van der Waals surface area contributed by atoms with E-state index in [4.69, 9.17) is 4.98 Å². The zero-order valence-electron chi connectivity index (χ0n) is 19.8. The number of anilines is 1. The number of carbonyl (C=O) groups excluding carboxylic acids is 1. The van der Waals surface area contributed by atoms with Crippen LogP contribution in [-0.4, -0.2) is 51.8 Å². The zero-order valence-corrected chi connectivity index (χ0v) is 19.8. The highest BCUT2D eigenvalue weighted by atomic mass is 16.1. The summed E-state index contributed by atoms with van der Waals surface area (Å²) in [6, 6.07) is 18.3. The summed E-state index contributed by atoms with van der Waals surface area (Å²) in [5, 5.41) is 0. The molecule has 1 aliphatic rings. The van der Waals surface area contributed by atoms with Gasteiger partial charge in [0.2, 0.25) is 5.78 Å². The van der Waals surface area contributed by atoms with E-state index in [1.165, 1.54) is 5.56 Å². The van der Waals surface area contributed by atoms with Crippen LogP contribution in [0.5, 0.6) is 0 Å². The van der Waals surface area contributed by atoms with Gasteiger partial charge in [-0.25, -0.2) is 4.98 Å². The molecule has 0 spiro atoms. The first-order chi connectivity index (χ1) is 17.2. The van der Waals surface area contributed by atoms with Gasteiger partial charge in [0.05, 0.1) is 17.2 Å². The maximum Gasteiger partial charge on any atom is 0.209 e. The van der Waals surface area contributed by atoms with E-state index < -0.39 is 0 Å². The van der Waals surface area contributed by atoms with Gasteiger partial charge in [-0.15, -0.1) is 0 Å². The molecule has 35 heavy (non-hydrogen) atoms. The van der Waals surface area contributed by atoms with Crippen LogP contribution < -0.4 is 4.90 Å². The fourth-order valence-electron chi connectivity index (χ4n) is 4.40. The van der Waals surface area contributed by atoms with E-state index in [1.807, 2.05) is 55.0 Å². The Morgan fingerprint density at radius 2 is 1.71 bits per heavy atom. The maximum absolute atomic E-state index is 11.8.